The Balaban J connectivity index is 0.00000171. The van der Waals surface area contributed by atoms with Crippen LogP contribution in [0.4, 0.5) is 0 Å². The third-order valence-corrected chi connectivity index (χ3v) is 4.88. The molecule has 1 aliphatic heterocycles. The third kappa shape index (κ3) is 2.83. The van der Waals surface area contributed by atoms with Crippen molar-refractivity contribution in [1.29, 1.82) is 0 Å². The molecule has 5 nitrogen and oxygen atoms in total. The fourth-order valence-electron chi connectivity index (χ4n) is 3.65. The van der Waals surface area contributed by atoms with Crippen molar-refractivity contribution < 1.29 is 23.9 Å². The zero-order chi connectivity index (χ0) is 17.8. The number of nitrogens with one attached hydrogen (secondary N) is 4. The van der Waals surface area contributed by atoms with E-state index in [0.29, 0.717) is 0 Å². The molecule has 0 amide bonds. The van der Waals surface area contributed by atoms with Crippen LogP contribution in [-0.2, 0) is 19.5 Å². The molecule has 8 bridgehead atoms. The second-order valence-electron chi connectivity index (χ2n) is 6.80. The van der Waals surface area contributed by atoms with Crippen LogP contribution in [0.25, 0.3) is 35.3 Å². The number of furan rings is 1. The molecule has 0 atom stereocenters. The molecule has 1 aliphatic rings. The molecule has 0 radical (unpaired) electrons. The molecule has 0 fully saturated rings. The van der Waals surface area contributed by atoms with E-state index in [9.17, 15) is 0 Å². The van der Waals surface area contributed by atoms with Crippen LogP contribution in [-0.4, -0.2) is 19.9 Å². The van der Waals surface area contributed by atoms with Gasteiger partial charge in [0.2, 0.25) is 0 Å². The van der Waals surface area contributed by atoms with Gasteiger partial charge in [0.25, 0.3) is 0 Å². The second-order valence-corrected chi connectivity index (χ2v) is 6.80. The molecule has 0 saturated carbocycles. The summed E-state index contributed by atoms with van der Waals surface area (Å²) in [5.74, 6) is 0. The number of aromatic amines is 4. The number of hydrogen-bond acceptors (Lipinski definition) is 1. The van der Waals surface area contributed by atoms with Gasteiger partial charge in [-0.1, -0.05) is 0 Å². The molecule has 0 spiro atoms. The molecular weight excluding hydrogens is 402 g/mol. The van der Waals surface area contributed by atoms with Gasteiger partial charge in [-0.3, -0.25) is 0 Å². The summed E-state index contributed by atoms with van der Waals surface area (Å²) in [6, 6.07) is 14.4. The Morgan fingerprint density at radius 2 is 1.11 bits per heavy atom. The molecular formula is C22H16N4OZn. The Labute approximate surface area is 171 Å². The van der Waals surface area contributed by atoms with Crippen molar-refractivity contribution in [1.82, 2.24) is 19.9 Å². The van der Waals surface area contributed by atoms with Crippen molar-refractivity contribution in [2.75, 3.05) is 0 Å². The standard InChI is InChI=1S/C22H16N4O.Zn/c1-2-14-10-16-4-6-18(25-16)12-21-22-19(7-8-27-22)20(26-21)11-17-5-3-15(24-17)9-13(1)23-14;/h1-12,23-26H;. The van der Waals surface area contributed by atoms with Gasteiger partial charge in [0.05, 0.1) is 17.0 Å². The molecule has 6 heterocycles. The van der Waals surface area contributed by atoms with E-state index in [0.717, 1.165) is 55.1 Å². The Bertz CT molecular complexity index is 1430. The zero-order valence-electron chi connectivity index (χ0n) is 15.0. The van der Waals surface area contributed by atoms with Crippen molar-refractivity contribution in [3.8, 4) is 0 Å². The molecule has 0 aliphatic carbocycles. The van der Waals surface area contributed by atoms with Gasteiger partial charge in [-0.05, 0) is 66.8 Å². The molecule has 4 N–H and O–H groups in total. The summed E-state index contributed by atoms with van der Waals surface area (Å²) in [6.45, 7) is 0. The second kappa shape index (κ2) is 6.43. The van der Waals surface area contributed by atoms with Crippen LogP contribution in [0.3, 0.4) is 0 Å². The quantitative estimate of drug-likeness (QED) is 0.277. The smallest absolute Gasteiger partial charge is 0.159 e. The maximum atomic E-state index is 5.72. The van der Waals surface area contributed by atoms with E-state index in [2.05, 4.69) is 80.6 Å². The Morgan fingerprint density at radius 1 is 0.536 bits per heavy atom. The van der Waals surface area contributed by atoms with E-state index in [4.69, 9.17) is 4.42 Å². The first kappa shape index (κ1) is 16.9. The van der Waals surface area contributed by atoms with E-state index in [-0.39, 0.29) is 19.5 Å². The fourth-order valence-corrected chi connectivity index (χ4v) is 3.65. The third-order valence-electron chi connectivity index (χ3n) is 4.88. The van der Waals surface area contributed by atoms with E-state index in [1.165, 1.54) is 0 Å². The molecule has 0 saturated heterocycles. The predicted molar refractivity (Wildman–Crippen MR) is 106 cm³/mol. The molecule has 28 heavy (non-hydrogen) atoms. The van der Waals surface area contributed by atoms with Gasteiger partial charge in [-0.25, -0.2) is 0 Å². The molecule has 0 aromatic carbocycles. The van der Waals surface area contributed by atoms with Gasteiger partial charge in [0, 0.05) is 58.3 Å². The summed E-state index contributed by atoms with van der Waals surface area (Å²) in [6.07, 6.45) is 10.1. The Morgan fingerprint density at radius 3 is 1.75 bits per heavy atom. The van der Waals surface area contributed by atoms with Crippen LogP contribution in [0.2, 0.25) is 0 Å². The van der Waals surface area contributed by atoms with Crippen LogP contribution >= 0.6 is 0 Å². The van der Waals surface area contributed by atoms with Crippen molar-refractivity contribution in [2.24, 2.45) is 0 Å². The van der Waals surface area contributed by atoms with Crippen LogP contribution in [0, 0.1) is 0 Å². The number of fused-ring (bicyclic) bond motifs is 11. The van der Waals surface area contributed by atoms with Crippen LogP contribution in [0.5, 0.6) is 0 Å². The minimum atomic E-state index is 0. The van der Waals surface area contributed by atoms with Gasteiger partial charge in [-0.2, -0.15) is 0 Å². The number of hydrogen-bond donors (Lipinski definition) is 4. The maximum Gasteiger partial charge on any atom is 0.159 e. The average molecular weight is 418 g/mol. The summed E-state index contributed by atoms with van der Waals surface area (Å²) in [5.41, 5.74) is 4.99. The minimum absolute atomic E-state index is 0. The maximum absolute atomic E-state index is 5.72. The number of rotatable bonds is 0. The largest absolute Gasteiger partial charge is 0.462 e. The van der Waals surface area contributed by atoms with E-state index in [1.807, 2.05) is 6.07 Å². The van der Waals surface area contributed by atoms with Gasteiger partial charge in [-0.15, -0.1) is 0 Å². The number of H-pyrrole nitrogens is 4. The average Bonchev–Trinajstić information content (AvgIpc) is 3.42. The van der Waals surface area contributed by atoms with Gasteiger partial charge < -0.3 is 24.4 Å². The normalized spacial score (nSPS) is 12.4. The van der Waals surface area contributed by atoms with E-state index < -0.39 is 0 Å². The summed E-state index contributed by atoms with van der Waals surface area (Å²) in [4.78, 5) is 13.8. The van der Waals surface area contributed by atoms with Crippen molar-refractivity contribution in [3.63, 3.8) is 0 Å². The fraction of sp³-hybridized carbons (Fsp3) is 0. The first-order chi connectivity index (χ1) is 13.3. The summed E-state index contributed by atoms with van der Waals surface area (Å²) < 4.78 is 5.72. The van der Waals surface area contributed by atoms with Crippen LogP contribution in [0.15, 0.2) is 53.1 Å². The Kier molecular flexibility index (Phi) is 3.88. The molecule has 5 aromatic rings. The molecule has 0 unspecified atom stereocenters. The SMILES string of the molecule is C1=c2ccc([nH]2)=Cc2ccc([nH]2)C=c2[nH]c(c3ccoc23)=Cc2ccc1[nH]2.[Zn]. The first-order valence-corrected chi connectivity index (χ1v) is 8.85. The predicted octanol–water partition coefficient (Wildman–Crippen LogP) is 1.37. The first-order valence-electron chi connectivity index (χ1n) is 8.85. The van der Waals surface area contributed by atoms with Crippen molar-refractivity contribution >= 4 is 35.3 Å². The zero-order valence-corrected chi connectivity index (χ0v) is 18.0. The van der Waals surface area contributed by atoms with Gasteiger partial charge >= 0.3 is 0 Å². The molecule has 6 heteroatoms. The Hall–Kier alpha value is -3.24. The topological polar surface area (TPSA) is 76.3 Å². The summed E-state index contributed by atoms with van der Waals surface area (Å²) >= 11 is 0. The molecule has 132 valence electrons. The summed E-state index contributed by atoms with van der Waals surface area (Å²) in [5, 5.41) is 5.14. The van der Waals surface area contributed by atoms with Crippen LogP contribution < -0.4 is 21.4 Å². The minimum Gasteiger partial charge on any atom is -0.462 e. The van der Waals surface area contributed by atoms with Gasteiger partial charge in [0.15, 0.2) is 5.58 Å². The summed E-state index contributed by atoms with van der Waals surface area (Å²) in [7, 11) is 0. The molecule has 6 rings (SSSR count). The van der Waals surface area contributed by atoms with E-state index >= 15 is 0 Å². The van der Waals surface area contributed by atoms with Crippen molar-refractivity contribution in [2.45, 2.75) is 0 Å². The van der Waals surface area contributed by atoms with Crippen LogP contribution in [0.1, 0.15) is 22.8 Å². The molecule has 5 aromatic heterocycles. The van der Waals surface area contributed by atoms with E-state index in [1.54, 1.807) is 6.26 Å². The monoisotopic (exact) mass is 416 g/mol. The van der Waals surface area contributed by atoms with Crippen molar-refractivity contribution in [3.05, 3.63) is 92.9 Å². The van der Waals surface area contributed by atoms with Gasteiger partial charge in [0.1, 0.15) is 0 Å². The number of aromatic nitrogens is 4.